The minimum absolute atomic E-state index is 0.0993. The first kappa shape index (κ1) is 13.9. The van der Waals surface area contributed by atoms with E-state index in [4.69, 9.17) is 24.4 Å². The third-order valence-corrected chi connectivity index (χ3v) is 4.94. The summed E-state index contributed by atoms with van der Waals surface area (Å²) < 4.78 is 0. The lowest BCUT2D eigenvalue weighted by Gasteiger charge is -2.36. The largest absolute Gasteiger partial charge is 0.370 e. The smallest absolute Gasteiger partial charge is 0.0804 e. The summed E-state index contributed by atoms with van der Waals surface area (Å²) >= 11 is 10.7. The molecule has 0 aliphatic carbocycles. The van der Waals surface area contributed by atoms with E-state index in [9.17, 15) is 0 Å². The second-order valence-electron chi connectivity index (χ2n) is 6.98. The molecule has 2 aliphatic heterocycles. The lowest BCUT2D eigenvalue weighted by molar-refractivity contribution is 0.252. The molecular formula is C14H22N2S2. The molecule has 1 atom stereocenters. The predicted molar refractivity (Wildman–Crippen MR) is 84.8 cm³/mol. The number of nitrogens with one attached hydrogen (secondary N) is 2. The molecule has 2 fully saturated rings. The number of hydrogen-bond donors (Lipinski definition) is 2. The number of allylic oxidation sites excluding steroid dienone is 1. The number of rotatable bonds is 1. The van der Waals surface area contributed by atoms with Crippen molar-refractivity contribution in [3.63, 3.8) is 0 Å². The molecule has 2 N–H and O–H groups in total. The molecule has 2 aliphatic rings. The van der Waals surface area contributed by atoms with E-state index >= 15 is 0 Å². The first-order valence-electron chi connectivity index (χ1n) is 6.40. The third kappa shape index (κ3) is 2.21. The molecule has 2 saturated heterocycles. The molecular weight excluding hydrogens is 260 g/mol. The van der Waals surface area contributed by atoms with Crippen LogP contribution in [-0.4, -0.2) is 15.5 Å². The van der Waals surface area contributed by atoms with Crippen LogP contribution in [0.1, 0.15) is 47.5 Å². The summed E-state index contributed by atoms with van der Waals surface area (Å²) in [5.74, 6) is 0. The fourth-order valence-corrected chi connectivity index (χ4v) is 3.74. The second-order valence-corrected chi connectivity index (χ2v) is 7.96. The molecule has 0 amide bonds. The quantitative estimate of drug-likeness (QED) is 0.721. The van der Waals surface area contributed by atoms with Crippen molar-refractivity contribution in [3.05, 3.63) is 11.8 Å². The van der Waals surface area contributed by atoms with Crippen LogP contribution in [0.25, 0.3) is 0 Å². The maximum Gasteiger partial charge on any atom is 0.0804 e. The molecule has 0 spiro atoms. The Labute approximate surface area is 121 Å². The average Bonchev–Trinajstić information content (AvgIpc) is 2.46. The zero-order valence-electron chi connectivity index (χ0n) is 11.8. The van der Waals surface area contributed by atoms with Crippen molar-refractivity contribution in [1.29, 1.82) is 0 Å². The van der Waals surface area contributed by atoms with Gasteiger partial charge in [0.1, 0.15) is 0 Å². The van der Waals surface area contributed by atoms with Crippen molar-refractivity contribution in [2.45, 2.75) is 53.0 Å². The van der Waals surface area contributed by atoms with Crippen molar-refractivity contribution in [3.8, 4) is 0 Å². The molecule has 2 rings (SSSR count). The summed E-state index contributed by atoms with van der Waals surface area (Å²) in [6, 6.07) is 0. The van der Waals surface area contributed by atoms with E-state index < -0.39 is 0 Å². The van der Waals surface area contributed by atoms with E-state index in [1.807, 2.05) is 0 Å². The lowest BCUT2D eigenvalue weighted by atomic mass is 9.72. The van der Waals surface area contributed by atoms with E-state index in [1.165, 1.54) is 5.70 Å². The molecule has 0 saturated carbocycles. The Morgan fingerprint density at radius 1 is 1.00 bits per heavy atom. The SMILES string of the molecule is CC1(C)CC(=S)N/C1=C\C1(C)NC(=S)CC1(C)C. The van der Waals surface area contributed by atoms with E-state index in [2.05, 4.69) is 51.3 Å². The maximum absolute atomic E-state index is 5.35. The molecule has 100 valence electrons. The Morgan fingerprint density at radius 3 is 2.00 bits per heavy atom. The van der Waals surface area contributed by atoms with Gasteiger partial charge >= 0.3 is 0 Å². The molecule has 0 aromatic rings. The summed E-state index contributed by atoms with van der Waals surface area (Å²) in [6.45, 7) is 11.2. The maximum atomic E-state index is 5.35. The minimum atomic E-state index is -0.107. The molecule has 0 aromatic carbocycles. The van der Waals surface area contributed by atoms with E-state index in [1.54, 1.807) is 0 Å². The first-order chi connectivity index (χ1) is 8.06. The van der Waals surface area contributed by atoms with E-state index in [0.717, 1.165) is 22.8 Å². The molecule has 2 heterocycles. The molecule has 2 nitrogen and oxygen atoms in total. The van der Waals surface area contributed by atoms with Gasteiger partial charge in [-0.25, -0.2) is 0 Å². The van der Waals surface area contributed by atoms with Crippen LogP contribution in [0.4, 0.5) is 0 Å². The van der Waals surface area contributed by atoms with Crippen LogP contribution in [0.15, 0.2) is 11.8 Å². The van der Waals surface area contributed by atoms with Crippen LogP contribution < -0.4 is 10.6 Å². The fourth-order valence-electron chi connectivity index (χ4n) is 2.70. The normalized spacial score (nSPS) is 35.7. The highest BCUT2D eigenvalue weighted by Crippen LogP contribution is 2.44. The van der Waals surface area contributed by atoms with Crippen LogP contribution in [0.3, 0.4) is 0 Å². The van der Waals surface area contributed by atoms with Crippen LogP contribution in [0, 0.1) is 10.8 Å². The Bertz CT molecular complexity index is 449. The molecule has 0 bridgehead atoms. The highest BCUT2D eigenvalue weighted by atomic mass is 32.1. The van der Waals surface area contributed by atoms with Crippen molar-refractivity contribution in [1.82, 2.24) is 10.6 Å². The van der Waals surface area contributed by atoms with Gasteiger partial charge in [-0.05, 0) is 18.4 Å². The topological polar surface area (TPSA) is 24.1 Å². The monoisotopic (exact) mass is 282 g/mol. The summed E-state index contributed by atoms with van der Waals surface area (Å²) in [4.78, 5) is 1.89. The molecule has 4 heteroatoms. The minimum Gasteiger partial charge on any atom is -0.370 e. The van der Waals surface area contributed by atoms with Gasteiger partial charge in [0, 0.05) is 24.0 Å². The lowest BCUT2D eigenvalue weighted by Crippen LogP contribution is -2.46. The van der Waals surface area contributed by atoms with Crippen molar-refractivity contribution < 1.29 is 0 Å². The molecule has 0 radical (unpaired) electrons. The zero-order valence-corrected chi connectivity index (χ0v) is 13.4. The van der Waals surface area contributed by atoms with Crippen molar-refractivity contribution >= 4 is 34.4 Å². The van der Waals surface area contributed by atoms with E-state index in [-0.39, 0.29) is 16.4 Å². The van der Waals surface area contributed by atoms with Gasteiger partial charge in [-0.1, -0.05) is 52.1 Å². The summed E-state index contributed by atoms with van der Waals surface area (Å²) in [5, 5.41) is 6.83. The highest BCUT2D eigenvalue weighted by Gasteiger charge is 2.47. The van der Waals surface area contributed by atoms with Crippen LogP contribution in [0.2, 0.25) is 0 Å². The average molecular weight is 282 g/mol. The van der Waals surface area contributed by atoms with Crippen LogP contribution in [-0.2, 0) is 0 Å². The number of thiocarbonyl (C=S) groups is 2. The Kier molecular flexibility index (Phi) is 3.10. The zero-order chi connectivity index (χ0) is 13.8. The van der Waals surface area contributed by atoms with Gasteiger partial charge < -0.3 is 10.6 Å². The van der Waals surface area contributed by atoms with E-state index in [0.29, 0.717) is 0 Å². The summed E-state index contributed by atoms with van der Waals surface area (Å²) in [6.07, 6.45) is 4.16. The fraction of sp³-hybridized carbons (Fsp3) is 0.714. The molecule has 0 aromatic heterocycles. The van der Waals surface area contributed by atoms with Gasteiger partial charge in [-0.15, -0.1) is 0 Å². The Hall–Kier alpha value is -0.480. The van der Waals surface area contributed by atoms with Crippen LogP contribution in [0.5, 0.6) is 0 Å². The first-order valence-corrected chi connectivity index (χ1v) is 7.22. The van der Waals surface area contributed by atoms with Gasteiger partial charge in [0.15, 0.2) is 0 Å². The van der Waals surface area contributed by atoms with Gasteiger partial charge in [0.2, 0.25) is 0 Å². The van der Waals surface area contributed by atoms with Gasteiger partial charge in [0.25, 0.3) is 0 Å². The number of hydrogen-bond acceptors (Lipinski definition) is 2. The third-order valence-electron chi connectivity index (χ3n) is 4.45. The molecule has 1 unspecified atom stereocenters. The summed E-state index contributed by atoms with van der Waals surface area (Å²) in [7, 11) is 0. The Balaban J connectivity index is 2.38. The van der Waals surface area contributed by atoms with Gasteiger partial charge in [0.05, 0.1) is 15.5 Å². The predicted octanol–water partition coefficient (Wildman–Crippen LogP) is 3.32. The van der Waals surface area contributed by atoms with Crippen LogP contribution >= 0.6 is 24.4 Å². The Morgan fingerprint density at radius 2 is 1.61 bits per heavy atom. The van der Waals surface area contributed by atoms with Crippen molar-refractivity contribution in [2.24, 2.45) is 10.8 Å². The second kappa shape index (κ2) is 4.01. The highest BCUT2D eigenvalue weighted by molar-refractivity contribution is 7.80. The summed E-state index contributed by atoms with van der Waals surface area (Å²) in [5.41, 5.74) is 1.34. The standard InChI is InChI=1S/C14H22N2S2/c1-12(2)7-10(17)15-9(12)6-14(5)13(3,4)8-11(18)16-14/h6H,7-8H2,1-5H3,(H,15,17)(H,16,18)/b9-6-. The van der Waals surface area contributed by atoms with Crippen molar-refractivity contribution in [2.75, 3.05) is 0 Å². The van der Waals surface area contributed by atoms with Gasteiger partial charge in [-0.2, -0.15) is 0 Å². The van der Waals surface area contributed by atoms with Gasteiger partial charge in [-0.3, -0.25) is 0 Å². The molecule has 18 heavy (non-hydrogen) atoms.